The molecule has 3 N–H and O–H groups in total. The van der Waals surface area contributed by atoms with Crippen LogP contribution < -0.4 is 16.2 Å². The van der Waals surface area contributed by atoms with Crippen LogP contribution in [0.3, 0.4) is 0 Å². The molecule has 1 aromatic heterocycles. The quantitative estimate of drug-likeness (QED) is 0.584. The van der Waals surface area contributed by atoms with Crippen molar-refractivity contribution in [3.05, 3.63) is 11.9 Å². The van der Waals surface area contributed by atoms with Gasteiger partial charge in [0.2, 0.25) is 0 Å². The Morgan fingerprint density at radius 3 is 2.94 bits per heavy atom. The normalized spacial score (nSPS) is 20.9. The molecule has 1 aliphatic heterocycles. The summed E-state index contributed by atoms with van der Waals surface area (Å²) < 4.78 is 0. The Bertz CT molecular complexity index is 365. The lowest BCUT2D eigenvalue weighted by atomic mass is 10.0. The van der Waals surface area contributed by atoms with Gasteiger partial charge in [0.05, 0.1) is 0 Å². The molecule has 16 heavy (non-hydrogen) atoms. The maximum atomic E-state index is 5.42. The molecule has 1 aliphatic rings. The van der Waals surface area contributed by atoms with Crippen molar-refractivity contribution in [3.8, 4) is 0 Å². The van der Waals surface area contributed by atoms with E-state index in [1.807, 2.05) is 6.92 Å². The summed E-state index contributed by atoms with van der Waals surface area (Å²) in [6.45, 7) is 5.32. The number of hydrogen-bond acceptors (Lipinski definition) is 5. The first-order valence-electron chi connectivity index (χ1n) is 5.79. The molecule has 88 valence electrons. The first-order valence-corrected chi connectivity index (χ1v) is 5.79. The van der Waals surface area contributed by atoms with Crippen molar-refractivity contribution in [2.45, 2.75) is 39.2 Å². The van der Waals surface area contributed by atoms with Crippen LogP contribution >= 0.6 is 0 Å². The molecule has 0 bridgehead atoms. The first kappa shape index (κ1) is 11.1. The zero-order chi connectivity index (χ0) is 11.5. The Labute approximate surface area is 96.0 Å². The fourth-order valence-electron chi connectivity index (χ4n) is 2.29. The number of aromatic nitrogens is 2. The van der Waals surface area contributed by atoms with E-state index in [1.54, 1.807) is 6.33 Å². The maximum absolute atomic E-state index is 5.42. The molecule has 1 saturated heterocycles. The monoisotopic (exact) mass is 221 g/mol. The topological polar surface area (TPSA) is 67.1 Å². The van der Waals surface area contributed by atoms with E-state index >= 15 is 0 Å². The SMILES string of the molecule is Cc1c(NN)ncnc1N1CCCCC1C. The highest BCUT2D eigenvalue weighted by Gasteiger charge is 2.22. The highest BCUT2D eigenvalue weighted by atomic mass is 15.3. The molecular formula is C11H19N5. The lowest BCUT2D eigenvalue weighted by Crippen LogP contribution is -2.38. The van der Waals surface area contributed by atoms with Gasteiger partial charge >= 0.3 is 0 Å². The van der Waals surface area contributed by atoms with Gasteiger partial charge in [-0.15, -0.1) is 0 Å². The standard InChI is InChI=1S/C11H19N5/c1-8-5-3-4-6-16(8)11-9(2)10(15-12)13-7-14-11/h7-8H,3-6,12H2,1-2H3,(H,13,14,15). The predicted molar refractivity (Wildman–Crippen MR) is 65.2 cm³/mol. The molecule has 1 unspecified atom stereocenters. The Hall–Kier alpha value is -1.36. The summed E-state index contributed by atoms with van der Waals surface area (Å²) in [7, 11) is 0. The van der Waals surface area contributed by atoms with Gasteiger partial charge in [-0.1, -0.05) is 0 Å². The van der Waals surface area contributed by atoms with Crippen molar-refractivity contribution in [1.82, 2.24) is 9.97 Å². The van der Waals surface area contributed by atoms with Crippen LogP contribution in [0.2, 0.25) is 0 Å². The highest BCUT2D eigenvalue weighted by Crippen LogP contribution is 2.27. The summed E-state index contributed by atoms with van der Waals surface area (Å²) in [6, 6.07) is 0.549. The minimum Gasteiger partial charge on any atom is -0.354 e. The van der Waals surface area contributed by atoms with E-state index in [0.29, 0.717) is 11.9 Å². The number of hydrogen-bond donors (Lipinski definition) is 2. The minimum atomic E-state index is 0.549. The van der Waals surface area contributed by atoms with Crippen molar-refractivity contribution in [3.63, 3.8) is 0 Å². The number of piperidine rings is 1. The summed E-state index contributed by atoms with van der Waals surface area (Å²) >= 11 is 0. The van der Waals surface area contributed by atoms with E-state index in [2.05, 4.69) is 27.2 Å². The van der Waals surface area contributed by atoms with Crippen LogP contribution in [-0.4, -0.2) is 22.6 Å². The third-order valence-electron chi connectivity index (χ3n) is 3.27. The van der Waals surface area contributed by atoms with Crippen LogP contribution in [0.5, 0.6) is 0 Å². The summed E-state index contributed by atoms with van der Waals surface area (Å²) in [5.74, 6) is 7.15. The van der Waals surface area contributed by atoms with E-state index in [-0.39, 0.29) is 0 Å². The Morgan fingerprint density at radius 2 is 2.25 bits per heavy atom. The molecule has 5 nitrogen and oxygen atoms in total. The van der Waals surface area contributed by atoms with Gasteiger partial charge in [0.1, 0.15) is 18.0 Å². The maximum Gasteiger partial charge on any atom is 0.148 e. The smallest absolute Gasteiger partial charge is 0.148 e. The van der Waals surface area contributed by atoms with Gasteiger partial charge in [0.25, 0.3) is 0 Å². The number of nitrogens with zero attached hydrogens (tertiary/aromatic N) is 3. The van der Waals surface area contributed by atoms with Crippen LogP contribution in [0.15, 0.2) is 6.33 Å². The van der Waals surface area contributed by atoms with Gasteiger partial charge in [-0.3, -0.25) is 0 Å². The third-order valence-corrected chi connectivity index (χ3v) is 3.27. The van der Waals surface area contributed by atoms with Crippen LogP contribution in [-0.2, 0) is 0 Å². The van der Waals surface area contributed by atoms with Crippen molar-refractivity contribution in [2.24, 2.45) is 5.84 Å². The molecule has 0 amide bonds. The molecule has 1 atom stereocenters. The number of nitrogens with two attached hydrogens (primary N) is 1. The Kier molecular flexibility index (Phi) is 3.24. The molecule has 1 aromatic rings. The second kappa shape index (κ2) is 4.65. The largest absolute Gasteiger partial charge is 0.354 e. The van der Waals surface area contributed by atoms with Gasteiger partial charge < -0.3 is 10.3 Å². The van der Waals surface area contributed by atoms with Crippen molar-refractivity contribution < 1.29 is 0 Å². The molecule has 0 spiro atoms. The molecule has 2 heterocycles. The second-order valence-corrected chi connectivity index (χ2v) is 4.35. The molecular weight excluding hydrogens is 202 g/mol. The first-order chi connectivity index (χ1) is 7.74. The number of hydrazine groups is 1. The molecule has 0 aromatic carbocycles. The van der Waals surface area contributed by atoms with E-state index in [0.717, 1.165) is 17.9 Å². The summed E-state index contributed by atoms with van der Waals surface area (Å²) in [5, 5.41) is 0. The van der Waals surface area contributed by atoms with Gasteiger partial charge in [-0.2, -0.15) is 0 Å². The zero-order valence-corrected chi connectivity index (χ0v) is 9.90. The summed E-state index contributed by atoms with van der Waals surface area (Å²) in [5.41, 5.74) is 3.64. The molecule has 2 rings (SSSR count). The average Bonchev–Trinajstić information content (AvgIpc) is 2.31. The third kappa shape index (κ3) is 1.95. The summed E-state index contributed by atoms with van der Waals surface area (Å²) in [6.07, 6.45) is 5.34. The van der Waals surface area contributed by atoms with Crippen LogP contribution in [0.4, 0.5) is 11.6 Å². The Morgan fingerprint density at radius 1 is 1.44 bits per heavy atom. The van der Waals surface area contributed by atoms with Gasteiger partial charge in [-0.25, -0.2) is 15.8 Å². The van der Waals surface area contributed by atoms with Crippen LogP contribution in [0, 0.1) is 6.92 Å². The van der Waals surface area contributed by atoms with Crippen LogP contribution in [0.25, 0.3) is 0 Å². The average molecular weight is 221 g/mol. The predicted octanol–water partition coefficient (Wildman–Crippen LogP) is 1.45. The zero-order valence-electron chi connectivity index (χ0n) is 9.90. The van der Waals surface area contributed by atoms with E-state index < -0.39 is 0 Å². The molecule has 1 fully saturated rings. The Balaban J connectivity index is 2.31. The number of nitrogen functional groups attached to an aromatic ring is 1. The summed E-state index contributed by atoms with van der Waals surface area (Å²) in [4.78, 5) is 10.8. The number of anilines is 2. The van der Waals surface area contributed by atoms with Crippen LogP contribution in [0.1, 0.15) is 31.7 Å². The minimum absolute atomic E-state index is 0.549. The number of rotatable bonds is 2. The molecule has 0 saturated carbocycles. The van der Waals surface area contributed by atoms with Gasteiger partial charge in [0.15, 0.2) is 0 Å². The fourth-order valence-corrected chi connectivity index (χ4v) is 2.29. The molecule has 0 aliphatic carbocycles. The van der Waals surface area contributed by atoms with E-state index in [4.69, 9.17) is 5.84 Å². The van der Waals surface area contributed by atoms with Crippen molar-refractivity contribution >= 4 is 11.6 Å². The molecule has 0 radical (unpaired) electrons. The highest BCUT2D eigenvalue weighted by molar-refractivity contribution is 5.57. The van der Waals surface area contributed by atoms with E-state index in [9.17, 15) is 0 Å². The lowest BCUT2D eigenvalue weighted by molar-refractivity contribution is 0.480. The molecule has 5 heteroatoms. The van der Waals surface area contributed by atoms with E-state index in [1.165, 1.54) is 19.3 Å². The number of nitrogens with one attached hydrogen (secondary N) is 1. The van der Waals surface area contributed by atoms with Gasteiger partial charge in [0, 0.05) is 18.2 Å². The van der Waals surface area contributed by atoms with Gasteiger partial charge in [-0.05, 0) is 33.1 Å². The van der Waals surface area contributed by atoms with Crippen molar-refractivity contribution in [1.29, 1.82) is 0 Å². The lowest BCUT2D eigenvalue weighted by Gasteiger charge is -2.35. The fraction of sp³-hybridized carbons (Fsp3) is 0.636. The second-order valence-electron chi connectivity index (χ2n) is 4.35. The van der Waals surface area contributed by atoms with Crippen molar-refractivity contribution in [2.75, 3.05) is 16.9 Å².